The van der Waals surface area contributed by atoms with Gasteiger partial charge in [0.15, 0.2) is 0 Å². The monoisotopic (exact) mass is 281 g/mol. The minimum Gasteiger partial charge on any atom is -0.394 e. The van der Waals surface area contributed by atoms with E-state index in [1.807, 2.05) is 0 Å². The molecule has 0 radical (unpaired) electrons. The van der Waals surface area contributed by atoms with Crippen LogP contribution in [0.15, 0.2) is 24.4 Å². The molecule has 0 amide bonds. The van der Waals surface area contributed by atoms with Crippen LogP contribution in [0, 0.1) is 15.9 Å². The van der Waals surface area contributed by atoms with Crippen LogP contribution >= 0.6 is 0 Å². The Hall–Kier alpha value is -2.55. The molecule has 1 aromatic carbocycles. The molecule has 20 heavy (non-hydrogen) atoms. The smallest absolute Gasteiger partial charge is 0.304 e. The Bertz CT molecular complexity index is 616. The van der Waals surface area contributed by atoms with Gasteiger partial charge in [0.2, 0.25) is 5.82 Å². The molecule has 8 nitrogen and oxygen atoms in total. The summed E-state index contributed by atoms with van der Waals surface area (Å²) in [5.41, 5.74) is 0.450. The Labute approximate surface area is 113 Å². The van der Waals surface area contributed by atoms with Crippen molar-refractivity contribution >= 4 is 11.4 Å². The van der Waals surface area contributed by atoms with Gasteiger partial charge in [0.1, 0.15) is 5.69 Å². The first kappa shape index (κ1) is 13.9. The predicted molar refractivity (Wildman–Crippen MR) is 67.5 cm³/mol. The van der Waals surface area contributed by atoms with Gasteiger partial charge in [-0.3, -0.25) is 10.1 Å². The first-order valence-corrected chi connectivity index (χ1v) is 5.78. The number of nitro benzene ring substituents is 1. The number of hydrogen-bond acceptors (Lipinski definition) is 6. The molecule has 0 spiro atoms. The fourth-order valence-corrected chi connectivity index (χ4v) is 1.59. The number of nitrogens with one attached hydrogen (secondary N) is 1. The van der Waals surface area contributed by atoms with Crippen molar-refractivity contribution in [2.24, 2.45) is 0 Å². The molecule has 2 rings (SSSR count). The van der Waals surface area contributed by atoms with Crippen LogP contribution in [0.25, 0.3) is 0 Å². The first-order chi connectivity index (χ1) is 9.60. The summed E-state index contributed by atoms with van der Waals surface area (Å²) in [6.07, 6.45) is 1.64. The summed E-state index contributed by atoms with van der Waals surface area (Å²) < 4.78 is 14.9. The van der Waals surface area contributed by atoms with Crippen molar-refractivity contribution in [2.45, 2.75) is 13.1 Å². The highest BCUT2D eigenvalue weighted by atomic mass is 19.1. The highest BCUT2D eigenvalue weighted by Gasteiger charge is 2.13. The fourth-order valence-electron chi connectivity index (χ4n) is 1.59. The molecular formula is C11H12FN5O3. The van der Waals surface area contributed by atoms with Gasteiger partial charge in [0.05, 0.1) is 30.8 Å². The molecule has 9 heteroatoms. The van der Waals surface area contributed by atoms with Gasteiger partial charge in [-0.2, -0.15) is 4.39 Å². The standard InChI is InChI=1S/C11H12FN5O3/c12-10-5-8(1-2-11(10)17(19)20)13-6-9-7-16(3-4-18)15-14-9/h1-2,5,7,13,18H,3-4,6H2. The third-order valence-corrected chi connectivity index (χ3v) is 2.53. The highest BCUT2D eigenvalue weighted by molar-refractivity contribution is 5.49. The lowest BCUT2D eigenvalue weighted by Gasteiger charge is -2.04. The summed E-state index contributed by atoms with van der Waals surface area (Å²) in [7, 11) is 0. The molecule has 1 heterocycles. The SMILES string of the molecule is O=[N+]([O-])c1ccc(NCc2cn(CCO)nn2)cc1F. The minimum atomic E-state index is -0.899. The van der Waals surface area contributed by atoms with Gasteiger partial charge in [-0.25, -0.2) is 4.68 Å². The summed E-state index contributed by atoms with van der Waals surface area (Å²) in [5, 5.41) is 29.7. The van der Waals surface area contributed by atoms with Crippen molar-refractivity contribution < 1.29 is 14.4 Å². The van der Waals surface area contributed by atoms with E-state index in [2.05, 4.69) is 15.6 Å². The minimum absolute atomic E-state index is 0.0379. The van der Waals surface area contributed by atoms with E-state index in [0.29, 0.717) is 24.5 Å². The average Bonchev–Trinajstić information content (AvgIpc) is 2.84. The van der Waals surface area contributed by atoms with E-state index in [1.165, 1.54) is 10.7 Å². The van der Waals surface area contributed by atoms with Gasteiger partial charge < -0.3 is 10.4 Å². The molecule has 0 aliphatic rings. The lowest BCUT2D eigenvalue weighted by atomic mass is 10.2. The number of anilines is 1. The van der Waals surface area contributed by atoms with E-state index < -0.39 is 16.4 Å². The largest absolute Gasteiger partial charge is 0.394 e. The molecular weight excluding hydrogens is 269 g/mol. The summed E-state index contributed by atoms with van der Waals surface area (Å²) in [5.74, 6) is -0.899. The molecule has 1 aromatic heterocycles. The van der Waals surface area contributed by atoms with Crippen LogP contribution in [0.4, 0.5) is 15.8 Å². The second kappa shape index (κ2) is 6.06. The Balaban J connectivity index is 1.99. The normalized spacial score (nSPS) is 10.5. The first-order valence-electron chi connectivity index (χ1n) is 5.78. The van der Waals surface area contributed by atoms with E-state index in [4.69, 9.17) is 5.11 Å². The second-order valence-corrected chi connectivity index (χ2v) is 3.97. The van der Waals surface area contributed by atoms with Crippen molar-refractivity contribution in [3.63, 3.8) is 0 Å². The molecule has 0 fully saturated rings. The van der Waals surface area contributed by atoms with Crippen LogP contribution in [0.3, 0.4) is 0 Å². The lowest BCUT2D eigenvalue weighted by molar-refractivity contribution is -0.387. The van der Waals surface area contributed by atoms with E-state index >= 15 is 0 Å². The molecule has 0 bridgehead atoms. The maximum Gasteiger partial charge on any atom is 0.304 e. The van der Waals surface area contributed by atoms with E-state index in [1.54, 1.807) is 6.20 Å². The quantitative estimate of drug-likeness (QED) is 0.602. The zero-order chi connectivity index (χ0) is 14.5. The van der Waals surface area contributed by atoms with E-state index in [9.17, 15) is 14.5 Å². The Morgan fingerprint density at radius 2 is 2.30 bits per heavy atom. The molecule has 0 unspecified atom stereocenters. The molecule has 0 saturated carbocycles. The molecule has 0 aliphatic heterocycles. The molecule has 0 atom stereocenters. The summed E-state index contributed by atoms with van der Waals surface area (Å²) in [6.45, 7) is 0.603. The maximum absolute atomic E-state index is 13.4. The van der Waals surface area contributed by atoms with Gasteiger partial charge in [-0.05, 0) is 6.07 Å². The van der Waals surface area contributed by atoms with Crippen LogP contribution in [0.2, 0.25) is 0 Å². The molecule has 106 valence electrons. The van der Waals surface area contributed by atoms with Crippen LogP contribution in [-0.4, -0.2) is 31.6 Å². The summed E-state index contributed by atoms with van der Waals surface area (Å²) in [6, 6.07) is 3.57. The molecule has 0 aliphatic carbocycles. The number of aliphatic hydroxyl groups is 1. The molecule has 2 aromatic rings. The van der Waals surface area contributed by atoms with Crippen LogP contribution in [0.5, 0.6) is 0 Å². The van der Waals surface area contributed by atoms with Crippen LogP contribution in [0.1, 0.15) is 5.69 Å². The number of hydrogen-bond donors (Lipinski definition) is 2. The van der Waals surface area contributed by atoms with E-state index in [-0.39, 0.29) is 6.61 Å². The Morgan fingerprint density at radius 3 is 2.95 bits per heavy atom. The third kappa shape index (κ3) is 3.26. The Kier molecular flexibility index (Phi) is 4.20. The summed E-state index contributed by atoms with van der Waals surface area (Å²) in [4.78, 5) is 9.70. The number of nitrogens with zero attached hydrogens (tertiary/aromatic N) is 4. The fraction of sp³-hybridized carbons (Fsp3) is 0.273. The van der Waals surface area contributed by atoms with Crippen LogP contribution in [-0.2, 0) is 13.1 Å². The van der Waals surface area contributed by atoms with Crippen LogP contribution < -0.4 is 5.32 Å². The third-order valence-electron chi connectivity index (χ3n) is 2.53. The van der Waals surface area contributed by atoms with Crippen molar-refractivity contribution in [2.75, 3.05) is 11.9 Å². The lowest BCUT2D eigenvalue weighted by Crippen LogP contribution is -2.02. The average molecular weight is 281 g/mol. The van der Waals surface area contributed by atoms with Crippen molar-refractivity contribution in [3.05, 3.63) is 46.0 Å². The number of rotatable bonds is 6. The number of aliphatic hydroxyl groups excluding tert-OH is 1. The Morgan fingerprint density at radius 1 is 1.50 bits per heavy atom. The summed E-state index contributed by atoms with van der Waals surface area (Å²) >= 11 is 0. The van der Waals surface area contributed by atoms with Crippen molar-refractivity contribution in [1.82, 2.24) is 15.0 Å². The number of benzene rings is 1. The molecule has 2 N–H and O–H groups in total. The second-order valence-electron chi connectivity index (χ2n) is 3.97. The van der Waals surface area contributed by atoms with Gasteiger partial charge >= 0.3 is 5.69 Å². The number of aromatic nitrogens is 3. The number of nitro groups is 1. The van der Waals surface area contributed by atoms with Gasteiger partial charge in [0, 0.05) is 17.8 Å². The van der Waals surface area contributed by atoms with Gasteiger partial charge in [-0.1, -0.05) is 5.21 Å². The van der Waals surface area contributed by atoms with Crippen molar-refractivity contribution in [1.29, 1.82) is 0 Å². The predicted octanol–water partition coefficient (Wildman–Crippen LogP) is 0.930. The highest BCUT2D eigenvalue weighted by Crippen LogP contribution is 2.20. The van der Waals surface area contributed by atoms with E-state index in [0.717, 1.165) is 12.1 Å². The van der Waals surface area contributed by atoms with Gasteiger partial charge in [0.25, 0.3) is 0 Å². The number of halogens is 1. The zero-order valence-electron chi connectivity index (χ0n) is 10.4. The zero-order valence-corrected chi connectivity index (χ0v) is 10.4. The molecule has 0 saturated heterocycles. The van der Waals surface area contributed by atoms with Gasteiger partial charge in [-0.15, -0.1) is 5.10 Å². The topological polar surface area (TPSA) is 106 Å². The van der Waals surface area contributed by atoms with Crippen molar-refractivity contribution in [3.8, 4) is 0 Å². The maximum atomic E-state index is 13.4.